The molecule has 0 bridgehead atoms. The number of nitrogens with zero attached hydrogens (tertiary/aromatic N) is 3. The van der Waals surface area contributed by atoms with Gasteiger partial charge in [0.15, 0.2) is 5.96 Å². The first-order valence-corrected chi connectivity index (χ1v) is 8.34. The molecule has 0 radical (unpaired) electrons. The molecule has 7 nitrogen and oxygen atoms in total. The van der Waals surface area contributed by atoms with Gasteiger partial charge in [-0.15, -0.1) is 0 Å². The summed E-state index contributed by atoms with van der Waals surface area (Å²) in [5, 5.41) is 10.8. The predicted molar refractivity (Wildman–Crippen MR) is 92.9 cm³/mol. The Morgan fingerprint density at radius 3 is 2.83 bits per heavy atom. The fourth-order valence-corrected chi connectivity index (χ4v) is 1.98. The van der Waals surface area contributed by atoms with Gasteiger partial charge in [-0.3, -0.25) is 9.67 Å². The van der Waals surface area contributed by atoms with E-state index < -0.39 is 0 Å². The Kier molecular flexibility index (Phi) is 10.9. The quantitative estimate of drug-likeness (QED) is 0.343. The predicted octanol–water partition coefficient (Wildman–Crippen LogP) is 1.19. The second-order valence-electron chi connectivity index (χ2n) is 5.28. The zero-order chi connectivity index (χ0) is 16.8. The number of ether oxygens (including phenoxy) is 2. The minimum atomic E-state index is 0.646. The molecular formula is C16H31N5O2. The van der Waals surface area contributed by atoms with Crippen LogP contribution in [0.1, 0.15) is 25.3 Å². The first kappa shape index (κ1) is 19.4. The minimum absolute atomic E-state index is 0.646. The maximum absolute atomic E-state index is 5.43. The third kappa shape index (κ3) is 9.91. The summed E-state index contributed by atoms with van der Waals surface area (Å²) in [6, 6.07) is 0. The molecule has 0 saturated carbocycles. The van der Waals surface area contributed by atoms with Gasteiger partial charge in [-0.2, -0.15) is 5.10 Å². The summed E-state index contributed by atoms with van der Waals surface area (Å²) in [4.78, 5) is 4.58. The molecule has 0 aromatic carbocycles. The van der Waals surface area contributed by atoms with Crippen molar-refractivity contribution in [2.24, 2.45) is 4.99 Å². The highest BCUT2D eigenvalue weighted by atomic mass is 16.5. The Bertz CT molecular complexity index is 434. The fourth-order valence-electron chi connectivity index (χ4n) is 1.98. The lowest BCUT2D eigenvalue weighted by Crippen LogP contribution is -2.38. The molecule has 0 fully saturated rings. The average molecular weight is 325 g/mol. The molecule has 23 heavy (non-hydrogen) atoms. The monoisotopic (exact) mass is 325 g/mol. The van der Waals surface area contributed by atoms with Gasteiger partial charge in [-0.1, -0.05) is 0 Å². The smallest absolute Gasteiger partial charge is 0.191 e. The summed E-state index contributed by atoms with van der Waals surface area (Å²) in [5.41, 5.74) is 1.19. The molecule has 0 atom stereocenters. The lowest BCUT2D eigenvalue weighted by molar-refractivity contribution is 0.0698. The SMILES string of the molecule is CCNC(=NCCCn1cc(C)cn1)NCCCOCCOC. The van der Waals surface area contributed by atoms with Gasteiger partial charge < -0.3 is 20.1 Å². The number of guanidine groups is 1. The summed E-state index contributed by atoms with van der Waals surface area (Å²) < 4.78 is 12.3. The van der Waals surface area contributed by atoms with Gasteiger partial charge in [-0.05, 0) is 32.3 Å². The van der Waals surface area contributed by atoms with Crippen molar-refractivity contribution < 1.29 is 9.47 Å². The topological polar surface area (TPSA) is 72.7 Å². The number of aliphatic imine (C=N–C) groups is 1. The van der Waals surface area contributed by atoms with Crippen LogP contribution in [-0.2, 0) is 16.0 Å². The molecular weight excluding hydrogens is 294 g/mol. The third-order valence-electron chi connectivity index (χ3n) is 3.11. The van der Waals surface area contributed by atoms with Crippen molar-refractivity contribution in [3.63, 3.8) is 0 Å². The van der Waals surface area contributed by atoms with Crippen LogP contribution in [0.3, 0.4) is 0 Å². The Morgan fingerprint density at radius 2 is 2.13 bits per heavy atom. The van der Waals surface area contributed by atoms with Crippen molar-refractivity contribution in [2.45, 2.75) is 33.2 Å². The molecule has 132 valence electrons. The van der Waals surface area contributed by atoms with Gasteiger partial charge in [0.2, 0.25) is 0 Å². The van der Waals surface area contributed by atoms with Crippen molar-refractivity contribution in [1.82, 2.24) is 20.4 Å². The largest absolute Gasteiger partial charge is 0.382 e. The molecule has 0 aliphatic heterocycles. The Morgan fingerprint density at radius 1 is 1.26 bits per heavy atom. The highest BCUT2D eigenvalue weighted by Gasteiger charge is 1.98. The van der Waals surface area contributed by atoms with Crippen LogP contribution in [0.25, 0.3) is 0 Å². The number of aromatic nitrogens is 2. The molecule has 0 amide bonds. The van der Waals surface area contributed by atoms with Crippen molar-refractivity contribution in [1.29, 1.82) is 0 Å². The molecule has 0 aliphatic rings. The van der Waals surface area contributed by atoms with E-state index in [1.165, 1.54) is 5.56 Å². The zero-order valence-corrected chi connectivity index (χ0v) is 14.7. The maximum Gasteiger partial charge on any atom is 0.191 e. The summed E-state index contributed by atoms with van der Waals surface area (Å²) in [6.45, 7) is 9.51. The van der Waals surface area contributed by atoms with E-state index in [1.54, 1.807) is 7.11 Å². The van der Waals surface area contributed by atoms with E-state index in [0.717, 1.165) is 51.6 Å². The Balaban J connectivity index is 2.14. The molecule has 1 rings (SSSR count). The number of aryl methyl sites for hydroxylation is 2. The van der Waals surface area contributed by atoms with Crippen LogP contribution < -0.4 is 10.6 Å². The Hall–Kier alpha value is -1.60. The van der Waals surface area contributed by atoms with Crippen LogP contribution in [0.2, 0.25) is 0 Å². The van der Waals surface area contributed by atoms with Crippen molar-refractivity contribution in [3.8, 4) is 0 Å². The zero-order valence-electron chi connectivity index (χ0n) is 14.7. The lowest BCUT2D eigenvalue weighted by atomic mass is 10.4. The van der Waals surface area contributed by atoms with Crippen LogP contribution >= 0.6 is 0 Å². The summed E-state index contributed by atoms with van der Waals surface area (Å²) >= 11 is 0. The van der Waals surface area contributed by atoms with Gasteiger partial charge in [0.25, 0.3) is 0 Å². The molecule has 1 aromatic rings. The van der Waals surface area contributed by atoms with Crippen LogP contribution in [-0.4, -0.2) is 62.3 Å². The highest BCUT2D eigenvalue weighted by molar-refractivity contribution is 5.79. The van der Waals surface area contributed by atoms with Crippen molar-refractivity contribution in [3.05, 3.63) is 18.0 Å². The number of hydrogen-bond donors (Lipinski definition) is 2. The second-order valence-corrected chi connectivity index (χ2v) is 5.28. The first-order valence-electron chi connectivity index (χ1n) is 8.34. The standard InChI is InChI=1S/C16H31N5O2/c1-4-17-16(19-8-6-10-23-12-11-22-3)18-7-5-9-21-14-15(2)13-20-21/h13-14H,4-12H2,1-3H3,(H2,17,18,19). The normalized spacial score (nSPS) is 11.7. The van der Waals surface area contributed by atoms with Crippen molar-refractivity contribution >= 4 is 5.96 Å². The van der Waals surface area contributed by atoms with E-state index in [2.05, 4.69) is 33.8 Å². The molecule has 7 heteroatoms. The lowest BCUT2D eigenvalue weighted by Gasteiger charge is -2.11. The van der Waals surface area contributed by atoms with E-state index >= 15 is 0 Å². The average Bonchev–Trinajstić information content (AvgIpc) is 2.96. The van der Waals surface area contributed by atoms with Gasteiger partial charge >= 0.3 is 0 Å². The summed E-state index contributed by atoms with van der Waals surface area (Å²) in [7, 11) is 1.68. The van der Waals surface area contributed by atoms with Crippen LogP contribution in [0.4, 0.5) is 0 Å². The van der Waals surface area contributed by atoms with Crippen molar-refractivity contribution in [2.75, 3.05) is 46.6 Å². The van der Waals surface area contributed by atoms with E-state index in [9.17, 15) is 0 Å². The van der Waals surface area contributed by atoms with Gasteiger partial charge in [-0.25, -0.2) is 0 Å². The molecule has 1 aromatic heterocycles. The molecule has 0 aliphatic carbocycles. The number of rotatable bonds is 12. The second kappa shape index (κ2) is 12.9. The fraction of sp³-hybridized carbons (Fsp3) is 0.750. The summed E-state index contributed by atoms with van der Waals surface area (Å²) in [6.07, 6.45) is 5.85. The number of nitrogens with one attached hydrogen (secondary N) is 2. The van der Waals surface area contributed by atoms with E-state index in [4.69, 9.17) is 9.47 Å². The first-order chi connectivity index (χ1) is 11.3. The van der Waals surface area contributed by atoms with Crippen LogP contribution in [0, 0.1) is 6.92 Å². The van der Waals surface area contributed by atoms with E-state index in [1.807, 2.05) is 17.8 Å². The van der Waals surface area contributed by atoms with Gasteiger partial charge in [0.1, 0.15) is 0 Å². The van der Waals surface area contributed by atoms with E-state index in [0.29, 0.717) is 13.2 Å². The van der Waals surface area contributed by atoms with Crippen LogP contribution in [0.15, 0.2) is 17.4 Å². The highest BCUT2D eigenvalue weighted by Crippen LogP contribution is 1.96. The van der Waals surface area contributed by atoms with E-state index in [-0.39, 0.29) is 0 Å². The molecule has 0 unspecified atom stereocenters. The van der Waals surface area contributed by atoms with Crippen LogP contribution in [0.5, 0.6) is 0 Å². The van der Waals surface area contributed by atoms with Gasteiger partial charge in [0.05, 0.1) is 19.4 Å². The molecule has 2 N–H and O–H groups in total. The number of methoxy groups -OCH3 is 1. The molecule has 0 saturated heterocycles. The van der Waals surface area contributed by atoms with Gasteiger partial charge in [0, 0.05) is 46.1 Å². The summed E-state index contributed by atoms with van der Waals surface area (Å²) in [5.74, 6) is 0.862. The maximum atomic E-state index is 5.43. The molecule has 1 heterocycles. The minimum Gasteiger partial charge on any atom is -0.382 e. The molecule has 0 spiro atoms. The Labute approximate surface area is 139 Å². The number of hydrogen-bond acceptors (Lipinski definition) is 4. The third-order valence-corrected chi connectivity index (χ3v) is 3.11.